The first kappa shape index (κ1) is 40.9. The van der Waals surface area contributed by atoms with Crippen LogP contribution in [0.15, 0.2) is 36.4 Å². The first-order chi connectivity index (χ1) is 27.3. The predicted octanol–water partition coefficient (Wildman–Crippen LogP) is 7.22. The number of methoxy groups -OCH3 is 2. The lowest BCUT2D eigenvalue weighted by molar-refractivity contribution is -0.119. The van der Waals surface area contributed by atoms with Gasteiger partial charge in [-0.25, -0.2) is 24.5 Å². The molecule has 2 aromatic carbocycles. The number of carboxylic acid groups (broad SMARTS) is 1. The smallest absolute Gasteiger partial charge is 0.435 e. The molecule has 4 heterocycles. The summed E-state index contributed by atoms with van der Waals surface area (Å²) in [5, 5.41) is 18.8. The van der Waals surface area contributed by atoms with Crippen molar-refractivity contribution >= 4 is 60.5 Å². The predicted molar refractivity (Wildman–Crippen MR) is 221 cm³/mol. The molecule has 2 amide bonds. The van der Waals surface area contributed by atoms with Gasteiger partial charge in [-0.1, -0.05) is 26.8 Å². The third-order valence-electron chi connectivity index (χ3n) is 11.6. The molecular formula is C41H53N7O9Si. The van der Waals surface area contributed by atoms with Crippen molar-refractivity contribution in [3.8, 4) is 11.5 Å². The van der Waals surface area contributed by atoms with Gasteiger partial charge in [0.25, 0.3) is 0 Å². The van der Waals surface area contributed by atoms with Crippen LogP contribution in [0.1, 0.15) is 70.8 Å². The lowest BCUT2D eigenvalue weighted by Gasteiger charge is -2.36. The maximum Gasteiger partial charge on any atom is 0.435 e. The van der Waals surface area contributed by atoms with Gasteiger partial charge >= 0.3 is 12.2 Å². The second kappa shape index (κ2) is 14.8. The third-order valence-corrected chi connectivity index (χ3v) is 16.1. The molecule has 3 aliphatic rings. The van der Waals surface area contributed by atoms with Crippen molar-refractivity contribution in [1.29, 1.82) is 0 Å². The highest BCUT2D eigenvalue weighted by atomic mass is 28.4. The van der Waals surface area contributed by atoms with Crippen molar-refractivity contribution in [3.05, 3.63) is 53.3 Å². The molecule has 58 heavy (non-hydrogen) atoms. The van der Waals surface area contributed by atoms with E-state index in [1.807, 2.05) is 18.2 Å². The van der Waals surface area contributed by atoms with Crippen molar-refractivity contribution in [3.63, 3.8) is 0 Å². The number of carbonyl (C=O) groups is 3. The fourth-order valence-electron chi connectivity index (χ4n) is 7.48. The van der Waals surface area contributed by atoms with Crippen LogP contribution in [0, 0.1) is 0 Å². The lowest BCUT2D eigenvalue weighted by atomic mass is 9.91. The van der Waals surface area contributed by atoms with E-state index in [1.54, 1.807) is 46.1 Å². The van der Waals surface area contributed by atoms with Crippen LogP contribution in [0.25, 0.3) is 10.9 Å². The largest absolute Gasteiger partial charge is 0.497 e. The second-order valence-electron chi connectivity index (χ2n) is 17.5. The van der Waals surface area contributed by atoms with Gasteiger partial charge in [-0.2, -0.15) is 4.68 Å². The molecular weight excluding hydrogens is 763 g/mol. The number of nitrogens with one attached hydrogen (secondary N) is 1. The summed E-state index contributed by atoms with van der Waals surface area (Å²) >= 11 is 0. The molecule has 1 saturated heterocycles. The van der Waals surface area contributed by atoms with Crippen LogP contribution < -0.4 is 24.6 Å². The fourth-order valence-corrected chi connectivity index (χ4v) is 8.52. The van der Waals surface area contributed by atoms with Gasteiger partial charge in [0.1, 0.15) is 17.2 Å². The Morgan fingerprint density at radius 3 is 2.36 bits per heavy atom. The molecule has 2 aromatic heterocycles. The van der Waals surface area contributed by atoms with E-state index in [9.17, 15) is 19.5 Å². The number of aromatic nitrogens is 4. The number of hydrogen-bond donors (Lipinski definition) is 2. The first-order valence-corrected chi connectivity index (χ1v) is 22.4. The number of fused-ring (bicyclic) bond motifs is 3. The van der Waals surface area contributed by atoms with Crippen LogP contribution >= 0.6 is 0 Å². The second-order valence-corrected chi connectivity index (χ2v) is 22.3. The Morgan fingerprint density at radius 1 is 1.00 bits per heavy atom. The van der Waals surface area contributed by atoms with Gasteiger partial charge in [-0.3, -0.25) is 4.79 Å². The number of rotatable bonds is 10. The van der Waals surface area contributed by atoms with Crippen LogP contribution in [0.5, 0.6) is 11.5 Å². The van der Waals surface area contributed by atoms with Gasteiger partial charge in [0, 0.05) is 37.4 Å². The van der Waals surface area contributed by atoms with Gasteiger partial charge in [0.05, 0.1) is 44.1 Å². The minimum Gasteiger partial charge on any atom is -0.497 e. The molecule has 2 N–H and O–H groups in total. The Bertz CT molecular complexity index is 2280. The highest BCUT2D eigenvalue weighted by molar-refractivity contribution is 6.74. The van der Waals surface area contributed by atoms with E-state index in [0.29, 0.717) is 103 Å². The topological polar surface area (TPSA) is 180 Å². The van der Waals surface area contributed by atoms with E-state index in [4.69, 9.17) is 38.4 Å². The van der Waals surface area contributed by atoms with Crippen molar-refractivity contribution in [2.75, 3.05) is 62.2 Å². The van der Waals surface area contributed by atoms with Gasteiger partial charge < -0.3 is 38.7 Å². The normalized spacial score (nSPS) is 19.4. The van der Waals surface area contributed by atoms with Crippen molar-refractivity contribution in [2.24, 2.45) is 0 Å². The zero-order chi connectivity index (χ0) is 41.9. The summed E-state index contributed by atoms with van der Waals surface area (Å²) in [7, 11) is 1.05. The quantitative estimate of drug-likeness (QED) is 0.153. The maximum atomic E-state index is 13.9. The number of morpholine rings is 1. The minimum absolute atomic E-state index is 0.0386. The number of hydrogen-bond acceptors (Lipinski definition) is 13. The third kappa shape index (κ3) is 7.34. The van der Waals surface area contributed by atoms with Crippen LogP contribution in [0.2, 0.25) is 18.1 Å². The van der Waals surface area contributed by atoms with Crippen LogP contribution in [-0.4, -0.2) is 104 Å². The molecule has 0 unspecified atom stereocenters. The van der Waals surface area contributed by atoms with E-state index in [2.05, 4.69) is 44.1 Å². The minimum atomic E-state index is -2.04. The average Bonchev–Trinajstić information content (AvgIpc) is 3.74. The van der Waals surface area contributed by atoms with Gasteiger partial charge in [-0.15, -0.1) is 5.10 Å². The van der Waals surface area contributed by atoms with E-state index < -0.39 is 37.4 Å². The molecule has 16 nitrogen and oxygen atoms in total. The lowest BCUT2D eigenvalue weighted by Crippen LogP contribution is -2.41. The number of carbonyl (C=O) groups excluding carboxylic acids is 2. The summed E-state index contributed by atoms with van der Waals surface area (Å²) in [4.78, 5) is 52.9. The van der Waals surface area contributed by atoms with Crippen molar-refractivity contribution in [1.82, 2.24) is 19.7 Å². The van der Waals surface area contributed by atoms with Crippen molar-refractivity contribution in [2.45, 2.75) is 89.5 Å². The molecule has 1 saturated carbocycles. The zero-order valence-corrected chi connectivity index (χ0v) is 35.9. The van der Waals surface area contributed by atoms with Crippen LogP contribution in [0.3, 0.4) is 0 Å². The summed E-state index contributed by atoms with van der Waals surface area (Å²) < 4.78 is 30.6. The Hall–Kier alpha value is -5.26. The number of benzene rings is 2. The van der Waals surface area contributed by atoms with Crippen molar-refractivity contribution < 1.29 is 42.9 Å². The van der Waals surface area contributed by atoms with Crippen LogP contribution in [0.4, 0.5) is 32.7 Å². The Balaban J connectivity index is 1.29. The first-order valence-electron chi connectivity index (χ1n) is 19.5. The molecule has 0 radical (unpaired) electrons. The molecule has 7 rings (SSSR count). The van der Waals surface area contributed by atoms with E-state index in [1.165, 1.54) is 11.8 Å². The fraction of sp³-hybridized carbons (Fsp3) is 0.512. The van der Waals surface area contributed by atoms with Gasteiger partial charge in [-0.05, 0) is 86.8 Å². The summed E-state index contributed by atoms with van der Waals surface area (Å²) in [6, 6.07) is 10.5. The molecule has 310 valence electrons. The van der Waals surface area contributed by atoms with E-state index >= 15 is 0 Å². The Labute approximate surface area is 338 Å². The average molecular weight is 816 g/mol. The summed E-state index contributed by atoms with van der Waals surface area (Å²) in [5.41, 5.74) is 0.120. The SMILES string of the molecule is COc1ccc2c(c1)[C@]1(C[C@H]1c1ccc3c(Nc4nc(CCO[Si](C)(C)C(C)(C)C)nc(N5CCOCC5)c4OC)nn(C(=O)OC(C)(C)C)c3c1)C(=O)N2C(=O)O. The molecule has 0 bridgehead atoms. The molecule has 1 aliphatic carbocycles. The highest BCUT2D eigenvalue weighted by Gasteiger charge is 2.68. The molecule has 1 spiro atoms. The Morgan fingerprint density at radius 2 is 1.72 bits per heavy atom. The Kier molecular flexibility index (Phi) is 10.5. The summed E-state index contributed by atoms with van der Waals surface area (Å²) in [6.45, 7) is 19.1. The number of amides is 2. The van der Waals surface area contributed by atoms with Gasteiger partial charge in [0.2, 0.25) is 11.7 Å². The standard InChI is InChI=1S/C41H53N7O9Si/c1-39(2,3)57-38(52)48-30-21-24(28-23-41(28)27-22-25(53-7)12-14-29(27)47(36(41)49)37(50)51)11-13-26(30)33(45-48)44-34-32(54-8)35(46-16-19-55-20-17-46)43-31(42-34)15-18-56-58(9,10)40(4,5)6/h11-14,21-22,28H,15-20,23H2,1-10H3,(H,50,51)(H,42,43,44,45)/t28-,41-/m0/s1. The zero-order valence-electron chi connectivity index (χ0n) is 34.9. The monoisotopic (exact) mass is 815 g/mol. The number of anilines is 4. The van der Waals surface area contributed by atoms with E-state index in [0.717, 1.165) is 10.5 Å². The summed E-state index contributed by atoms with van der Waals surface area (Å²) in [5.74, 6) is 1.85. The number of imide groups is 1. The highest BCUT2D eigenvalue weighted by Crippen LogP contribution is 2.67. The van der Waals surface area contributed by atoms with Crippen LogP contribution in [-0.2, 0) is 30.5 Å². The molecule has 2 atom stereocenters. The molecule has 2 aliphatic heterocycles. The molecule has 4 aromatic rings. The molecule has 17 heteroatoms. The number of nitrogens with zero attached hydrogens (tertiary/aromatic N) is 6. The summed E-state index contributed by atoms with van der Waals surface area (Å²) in [6.07, 6.45) is -1.23. The maximum absolute atomic E-state index is 13.9. The number of ether oxygens (including phenoxy) is 4. The van der Waals surface area contributed by atoms with E-state index in [-0.39, 0.29) is 11.0 Å². The van der Waals surface area contributed by atoms with Gasteiger partial charge in [0.15, 0.2) is 25.8 Å². The molecule has 2 fully saturated rings.